The lowest BCUT2D eigenvalue weighted by Gasteiger charge is -2.01. The van der Waals surface area contributed by atoms with E-state index in [4.69, 9.17) is 5.73 Å². The molecular formula is C7H13NO2. The lowest BCUT2D eigenvalue weighted by atomic mass is 10.2. The van der Waals surface area contributed by atoms with Gasteiger partial charge in [0.15, 0.2) is 0 Å². The van der Waals surface area contributed by atoms with Crippen molar-refractivity contribution >= 4 is 5.97 Å². The molecule has 0 amide bonds. The highest BCUT2D eigenvalue weighted by molar-refractivity contribution is 5.87. The standard InChI is InChI=1S/C7H13NO2/c1-3-10-7(9)6(2)4-5-8/h2-5,8H2,1H3. The molecule has 2 N–H and O–H groups in total. The van der Waals surface area contributed by atoms with Gasteiger partial charge in [-0.1, -0.05) is 6.58 Å². The Labute approximate surface area is 60.9 Å². The first kappa shape index (κ1) is 9.17. The highest BCUT2D eigenvalue weighted by Crippen LogP contribution is 1.98. The molecule has 0 unspecified atom stereocenters. The Morgan fingerprint density at radius 2 is 2.30 bits per heavy atom. The number of rotatable bonds is 4. The predicted molar refractivity (Wildman–Crippen MR) is 39.4 cm³/mol. The zero-order valence-corrected chi connectivity index (χ0v) is 6.22. The van der Waals surface area contributed by atoms with Crippen LogP contribution >= 0.6 is 0 Å². The number of ether oxygens (including phenoxy) is 1. The van der Waals surface area contributed by atoms with Gasteiger partial charge in [0.05, 0.1) is 6.61 Å². The van der Waals surface area contributed by atoms with Crippen LogP contribution < -0.4 is 5.73 Å². The van der Waals surface area contributed by atoms with Gasteiger partial charge in [-0.3, -0.25) is 0 Å². The molecule has 10 heavy (non-hydrogen) atoms. The third kappa shape index (κ3) is 3.25. The molecule has 0 atom stereocenters. The minimum Gasteiger partial charge on any atom is -0.463 e. The molecule has 0 radical (unpaired) electrons. The zero-order valence-electron chi connectivity index (χ0n) is 6.22. The molecule has 0 aliphatic rings. The van der Waals surface area contributed by atoms with Crippen LogP contribution in [0.15, 0.2) is 12.2 Å². The summed E-state index contributed by atoms with van der Waals surface area (Å²) in [6.07, 6.45) is 0.513. The molecule has 0 rings (SSSR count). The molecule has 3 nitrogen and oxygen atoms in total. The van der Waals surface area contributed by atoms with Crippen LogP contribution in [0.3, 0.4) is 0 Å². The van der Waals surface area contributed by atoms with Crippen molar-refractivity contribution in [2.24, 2.45) is 5.73 Å². The number of hydrogen-bond donors (Lipinski definition) is 1. The minimum absolute atomic E-state index is 0.340. The molecule has 0 saturated heterocycles. The third-order valence-corrected chi connectivity index (χ3v) is 1.01. The van der Waals surface area contributed by atoms with Crippen molar-refractivity contribution in [3.8, 4) is 0 Å². The van der Waals surface area contributed by atoms with Crippen LogP contribution in [0, 0.1) is 0 Å². The topological polar surface area (TPSA) is 52.3 Å². The van der Waals surface area contributed by atoms with E-state index in [-0.39, 0.29) is 5.97 Å². The molecule has 0 aromatic heterocycles. The predicted octanol–water partition coefficient (Wildman–Crippen LogP) is 0.454. The van der Waals surface area contributed by atoms with E-state index in [1.807, 2.05) is 0 Å². The van der Waals surface area contributed by atoms with Gasteiger partial charge in [0.1, 0.15) is 0 Å². The van der Waals surface area contributed by atoms with E-state index in [2.05, 4.69) is 11.3 Å². The average molecular weight is 143 g/mol. The summed E-state index contributed by atoms with van der Waals surface area (Å²) in [6, 6.07) is 0. The highest BCUT2D eigenvalue weighted by Gasteiger charge is 2.04. The van der Waals surface area contributed by atoms with E-state index in [1.165, 1.54) is 0 Å². The van der Waals surface area contributed by atoms with Gasteiger partial charge in [0.2, 0.25) is 0 Å². The summed E-state index contributed by atoms with van der Waals surface area (Å²) in [7, 11) is 0. The molecule has 0 fully saturated rings. The van der Waals surface area contributed by atoms with E-state index in [9.17, 15) is 4.79 Å². The summed E-state index contributed by atoms with van der Waals surface area (Å²) < 4.78 is 4.66. The Bertz CT molecular complexity index is 116. The molecule has 0 saturated carbocycles. The van der Waals surface area contributed by atoms with Crippen molar-refractivity contribution in [1.29, 1.82) is 0 Å². The van der Waals surface area contributed by atoms with Crippen LogP contribution in [-0.2, 0) is 9.53 Å². The van der Waals surface area contributed by atoms with Gasteiger partial charge in [-0.05, 0) is 19.9 Å². The fourth-order valence-corrected chi connectivity index (χ4v) is 0.509. The van der Waals surface area contributed by atoms with Crippen LogP contribution in [0.2, 0.25) is 0 Å². The molecule has 0 aliphatic heterocycles. The Kier molecular flexibility index (Phi) is 4.58. The number of hydrogen-bond acceptors (Lipinski definition) is 3. The van der Waals surface area contributed by atoms with E-state index in [1.54, 1.807) is 6.92 Å². The normalized spacial score (nSPS) is 9.00. The van der Waals surface area contributed by atoms with Crippen LogP contribution in [-0.4, -0.2) is 19.1 Å². The second-order valence-corrected chi connectivity index (χ2v) is 1.86. The molecule has 58 valence electrons. The molecule has 0 spiro atoms. The molecular weight excluding hydrogens is 130 g/mol. The number of esters is 1. The minimum atomic E-state index is -0.340. The van der Waals surface area contributed by atoms with E-state index in [0.29, 0.717) is 25.1 Å². The van der Waals surface area contributed by atoms with Crippen LogP contribution in [0.4, 0.5) is 0 Å². The largest absolute Gasteiger partial charge is 0.463 e. The Balaban J connectivity index is 3.60. The maximum atomic E-state index is 10.8. The quantitative estimate of drug-likeness (QED) is 0.459. The van der Waals surface area contributed by atoms with Crippen molar-refractivity contribution in [2.45, 2.75) is 13.3 Å². The summed E-state index contributed by atoms with van der Waals surface area (Å²) in [5.41, 5.74) is 5.64. The Hall–Kier alpha value is -0.830. The summed E-state index contributed by atoms with van der Waals surface area (Å²) in [4.78, 5) is 10.8. The number of carbonyl (C=O) groups is 1. The number of carbonyl (C=O) groups excluding carboxylic acids is 1. The van der Waals surface area contributed by atoms with E-state index >= 15 is 0 Å². The second-order valence-electron chi connectivity index (χ2n) is 1.86. The van der Waals surface area contributed by atoms with Gasteiger partial charge in [-0.2, -0.15) is 0 Å². The monoisotopic (exact) mass is 143 g/mol. The third-order valence-electron chi connectivity index (χ3n) is 1.01. The van der Waals surface area contributed by atoms with Gasteiger partial charge >= 0.3 is 5.97 Å². The van der Waals surface area contributed by atoms with Crippen LogP contribution in [0.5, 0.6) is 0 Å². The van der Waals surface area contributed by atoms with Gasteiger partial charge in [-0.25, -0.2) is 4.79 Å². The van der Waals surface area contributed by atoms with Gasteiger partial charge in [0, 0.05) is 5.57 Å². The second kappa shape index (κ2) is 4.99. The first-order valence-corrected chi connectivity index (χ1v) is 3.27. The smallest absolute Gasteiger partial charge is 0.333 e. The summed E-state index contributed by atoms with van der Waals surface area (Å²) in [6.45, 7) is 6.10. The molecule has 0 aromatic rings. The SMILES string of the molecule is C=C(CCN)C(=O)OCC. The lowest BCUT2D eigenvalue weighted by molar-refractivity contribution is -0.138. The molecule has 0 bridgehead atoms. The van der Waals surface area contributed by atoms with Crippen LogP contribution in [0.25, 0.3) is 0 Å². The Morgan fingerprint density at radius 3 is 2.70 bits per heavy atom. The molecule has 3 heteroatoms. The highest BCUT2D eigenvalue weighted by atomic mass is 16.5. The first-order valence-electron chi connectivity index (χ1n) is 3.27. The Morgan fingerprint density at radius 1 is 1.70 bits per heavy atom. The average Bonchev–Trinajstić information content (AvgIpc) is 1.89. The maximum absolute atomic E-state index is 10.8. The van der Waals surface area contributed by atoms with Crippen LogP contribution in [0.1, 0.15) is 13.3 Å². The lowest BCUT2D eigenvalue weighted by Crippen LogP contribution is -2.10. The first-order chi connectivity index (χ1) is 4.72. The summed E-state index contributed by atoms with van der Waals surface area (Å²) in [5.74, 6) is -0.340. The summed E-state index contributed by atoms with van der Waals surface area (Å²) >= 11 is 0. The van der Waals surface area contributed by atoms with Gasteiger partial charge in [-0.15, -0.1) is 0 Å². The van der Waals surface area contributed by atoms with E-state index in [0.717, 1.165) is 0 Å². The van der Waals surface area contributed by atoms with Crippen molar-refractivity contribution in [3.05, 3.63) is 12.2 Å². The van der Waals surface area contributed by atoms with Crippen molar-refractivity contribution in [3.63, 3.8) is 0 Å². The maximum Gasteiger partial charge on any atom is 0.333 e. The van der Waals surface area contributed by atoms with E-state index < -0.39 is 0 Å². The molecule has 0 heterocycles. The van der Waals surface area contributed by atoms with Gasteiger partial charge in [0.25, 0.3) is 0 Å². The fraction of sp³-hybridized carbons (Fsp3) is 0.571. The molecule has 0 aromatic carbocycles. The fourth-order valence-electron chi connectivity index (χ4n) is 0.509. The van der Waals surface area contributed by atoms with Crippen molar-refractivity contribution in [2.75, 3.05) is 13.2 Å². The number of nitrogens with two attached hydrogens (primary N) is 1. The zero-order chi connectivity index (χ0) is 7.98. The molecule has 0 aliphatic carbocycles. The van der Waals surface area contributed by atoms with Crippen molar-refractivity contribution < 1.29 is 9.53 Å². The summed E-state index contributed by atoms with van der Waals surface area (Å²) in [5, 5.41) is 0. The van der Waals surface area contributed by atoms with Crippen molar-refractivity contribution in [1.82, 2.24) is 0 Å². The van der Waals surface area contributed by atoms with Gasteiger partial charge < -0.3 is 10.5 Å².